The van der Waals surface area contributed by atoms with E-state index in [1.54, 1.807) is 38.7 Å². The molecule has 2 aromatic rings. The van der Waals surface area contributed by atoms with Crippen LogP contribution in [-0.2, 0) is 22.7 Å². The lowest BCUT2D eigenvalue weighted by molar-refractivity contribution is -0.189. The lowest BCUT2D eigenvalue weighted by Gasteiger charge is -2.55. The van der Waals surface area contributed by atoms with Crippen LogP contribution >= 0.6 is 11.8 Å². The van der Waals surface area contributed by atoms with E-state index in [1.165, 1.54) is 17.1 Å². The average Bonchev–Trinajstić information content (AvgIpc) is 2.89. The molecular weight excluding hydrogens is 493 g/mol. The highest BCUT2D eigenvalue weighted by molar-refractivity contribution is 7.98. The molecule has 2 heterocycles. The van der Waals surface area contributed by atoms with Gasteiger partial charge in [-0.3, -0.25) is 9.59 Å². The van der Waals surface area contributed by atoms with Crippen LogP contribution < -0.4 is 5.32 Å². The van der Waals surface area contributed by atoms with E-state index in [9.17, 15) is 18.8 Å². The zero-order chi connectivity index (χ0) is 26.4. The SMILES string of the molecule is C#CCN1CC(=O)N2[C@@H](CCSC)C(=O)N(Cc3ccc(F)cc3)C[C@@H]2N1C(=O)NCc1ccccc1. The predicted octanol–water partition coefficient (Wildman–Crippen LogP) is 2.52. The summed E-state index contributed by atoms with van der Waals surface area (Å²) in [4.78, 5) is 43.6. The number of amides is 4. The number of halogens is 1. The molecule has 2 atom stereocenters. The van der Waals surface area contributed by atoms with Gasteiger partial charge in [0.05, 0.1) is 19.6 Å². The Morgan fingerprint density at radius 1 is 1.14 bits per heavy atom. The van der Waals surface area contributed by atoms with Crippen molar-refractivity contribution >= 4 is 29.6 Å². The number of carbonyl (C=O) groups is 3. The normalized spacial score (nSPS) is 20.0. The Morgan fingerprint density at radius 3 is 2.54 bits per heavy atom. The van der Waals surface area contributed by atoms with E-state index in [4.69, 9.17) is 6.42 Å². The number of nitrogens with zero attached hydrogens (tertiary/aromatic N) is 4. The Kier molecular flexibility index (Phi) is 8.69. The maximum Gasteiger partial charge on any atom is 0.334 e. The van der Waals surface area contributed by atoms with Gasteiger partial charge in [0, 0.05) is 13.1 Å². The largest absolute Gasteiger partial charge is 0.334 e. The Morgan fingerprint density at radius 2 is 1.86 bits per heavy atom. The third-order valence-electron chi connectivity index (χ3n) is 6.48. The molecule has 2 saturated heterocycles. The van der Waals surface area contributed by atoms with Gasteiger partial charge in [-0.2, -0.15) is 16.8 Å². The molecule has 10 heteroatoms. The molecule has 194 valence electrons. The van der Waals surface area contributed by atoms with Crippen molar-refractivity contribution in [3.8, 4) is 12.3 Å². The van der Waals surface area contributed by atoms with Crippen molar-refractivity contribution in [3.63, 3.8) is 0 Å². The highest BCUT2D eigenvalue weighted by Crippen LogP contribution is 2.29. The topological polar surface area (TPSA) is 76.2 Å². The van der Waals surface area contributed by atoms with Crippen LogP contribution in [0.25, 0.3) is 0 Å². The quantitative estimate of drug-likeness (QED) is 0.539. The first-order chi connectivity index (χ1) is 17.9. The molecule has 4 rings (SSSR count). The first kappa shape index (κ1) is 26.5. The number of fused-ring (bicyclic) bond motifs is 1. The summed E-state index contributed by atoms with van der Waals surface area (Å²) in [6.07, 6.45) is 7.25. The minimum Gasteiger partial charge on any atom is -0.333 e. The Balaban J connectivity index is 1.64. The number of nitrogens with one attached hydrogen (secondary N) is 1. The van der Waals surface area contributed by atoms with Gasteiger partial charge in [0.25, 0.3) is 0 Å². The lowest BCUT2D eigenvalue weighted by Crippen LogP contribution is -2.76. The number of rotatable bonds is 8. The monoisotopic (exact) mass is 523 g/mol. The molecule has 2 fully saturated rings. The van der Waals surface area contributed by atoms with Crippen LogP contribution in [-0.4, -0.2) is 81.5 Å². The number of thioether (sulfide) groups is 1. The van der Waals surface area contributed by atoms with Crippen LogP contribution in [0.15, 0.2) is 54.6 Å². The third-order valence-corrected chi connectivity index (χ3v) is 7.12. The van der Waals surface area contributed by atoms with Crippen molar-refractivity contribution < 1.29 is 18.8 Å². The fourth-order valence-electron chi connectivity index (χ4n) is 4.75. The molecule has 37 heavy (non-hydrogen) atoms. The van der Waals surface area contributed by atoms with E-state index in [0.29, 0.717) is 18.7 Å². The molecule has 0 spiro atoms. The van der Waals surface area contributed by atoms with E-state index in [-0.39, 0.29) is 43.8 Å². The van der Waals surface area contributed by atoms with Crippen molar-refractivity contribution in [1.82, 2.24) is 25.1 Å². The number of benzene rings is 2. The Labute approximate surface area is 220 Å². The van der Waals surface area contributed by atoms with Gasteiger partial charge in [-0.1, -0.05) is 48.4 Å². The van der Waals surface area contributed by atoms with Crippen LogP contribution in [0, 0.1) is 18.2 Å². The molecular formula is C27H30FN5O3S. The summed E-state index contributed by atoms with van der Waals surface area (Å²) in [7, 11) is 0. The minimum absolute atomic E-state index is 0.0657. The molecule has 2 aliphatic rings. The van der Waals surface area contributed by atoms with Gasteiger partial charge >= 0.3 is 6.03 Å². The number of carbonyl (C=O) groups excluding carboxylic acids is 3. The number of hydrogen-bond donors (Lipinski definition) is 1. The molecule has 2 aliphatic heterocycles. The van der Waals surface area contributed by atoms with Crippen molar-refractivity contribution in [1.29, 1.82) is 0 Å². The maximum atomic E-state index is 13.6. The van der Waals surface area contributed by atoms with Gasteiger partial charge in [0.1, 0.15) is 18.0 Å². The first-order valence-electron chi connectivity index (χ1n) is 12.1. The molecule has 0 aromatic heterocycles. The second kappa shape index (κ2) is 12.1. The molecule has 0 aliphatic carbocycles. The fraction of sp³-hybridized carbons (Fsp3) is 0.370. The second-order valence-electron chi connectivity index (χ2n) is 8.94. The zero-order valence-corrected chi connectivity index (χ0v) is 21.5. The van der Waals surface area contributed by atoms with E-state index >= 15 is 0 Å². The van der Waals surface area contributed by atoms with E-state index in [0.717, 1.165) is 11.1 Å². The van der Waals surface area contributed by atoms with Gasteiger partial charge in [-0.25, -0.2) is 14.2 Å². The summed E-state index contributed by atoms with van der Waals surface area (Å²) in [5.41, 5.74) is 1.69. The van der Waals surface area contributed by atoms with Crippen molar-refractivity contribution in [2.45, 2.75) is 31.7 Å². The average molecular weight is 524 g/mol. The van der Waals surface area contributed by atoms with Crippen LogP contribution in [0.2, 0.25) is 0 Å². The molecule has 0 radical (unpaired) electrons. The third kappa shape index (κ3) is 6.06. The fourth-order valence-corrected chi connectivity index (χ4v) is 5.21. The maximum absolute atomic E-state index is 13.6. The molecule has 0 saturated carbocycles. The summed E-state index contributed by atoms with van der Waals surface area (Å²) in [5, 5.41) is 5.98. The molecule has 0 unspecified atom stereocenters. The van der Waals surface area contributed by atoms with E-state index < -0.39 is 18.2 Å². The smallest absolute Gasteiger partial charge is 0.333 e. The lowest BCUT2D eigenvalue weighted by atomic mass is 10.0. The molecule has 1 N–H and O–H groups in total. The van der Waals surface area contributed by atoms with E-state index in [2.05, 4.69) is 11.2 Å². The van der Waals surface area contributed by atoms with E-state index in [1.807, 2.05) is 36.6 Å². The van der Waals surface area contributed by atoms with Gasteiger partial charge < -0.3 is 15.1 Å². The Hall–Kier alpha value is -3.55. The van der Waals surface area contributed by atoms with Gasteiger partial charge in [-0.15, -0.1) is 6.42 Å². The van der Waals surface area contributed by atoms with Crippen LogP contribution in [0.5, 0.6) is 0 Å². The highest BCUT2D eigenvalue weighted by atomic mass is 32.2. The second-order valence-corrected chi connectivity index (χ2v) is 9.93. The van der Waals surface area contributed by atoms with Crippen molar-refractivity contribution in [2.75, 3.05) is 31.6 Å². The summed E-state index contributed by atoms with van der Waals surface area (Å²) in [6.45, 7) is 0.616. The van der Waals surface area contributed by atoms with Gasteiger partial charge in [-0.05, 0) is 41.7 Å². The van der Waals surface area contributed by atoms with Crippen LogP contribution in [0.1, 0.15) is 17.5 Å². The first-order valence-corrected chi connectivity index (χ1v) is 13.4. The van der Waals surface area contributed by atoms with Crippen LogP contribution in [0.3, 0.4) is 0 Å². The predicted molar refractivity (Wildman–Crippen MR) is 140 cm³/mol. The molecule has 0 bridgehead atoms. The number of terminal acetylenes is 1. The summed E-state index contributed by atoms with van der Waals surface area (Å²) in [6, 6.07) is 14.4. The standard InChI is InChI=1S/C27H30FN5O3S/c1-3-14-31-19-25(34)32-23(13-15-37-2)26(35)30(17-21-9-11-22(28)12-10-21)18-24(32)33(31)27(36)29-16-20-7-5-4-6-8-20/h1,4-12,23-24H,13-19H2,2H3,(H,29,36)/t23-,24-/m0/s1. The number of hydrazine groups is 1. The summed E-state index contributed by atoms with van der Waals surface area (Å²) < 4.78 is 13.5. The number of hydrogen-bond acceptors (Lipinski definition) is 5. The van der Waals surface area contributed by atoms with Crippen molar-refractivity contribution in [2.24, 2.45) is 0 Å². The minimum atomic E-state index is -0.727. The Bertz CT molecular complexity index is 1160. The number of piperazine rings is 1. The van der Waals surface area contributed by atoms with Crippen molar-refractivity contribution in [3.05, 3.63) is 71.5 Å². The number of urea groups is 1. The summed E-state index contributed by atoms with van der Waals surface area (Å²) in [5.74, 6) is 2.42. The zero-order valence-electron chi connectivity index (χ0n) is 20.7. The molecule has 2 aromatic carbocycles. The summed E-state index contributed by atoms with van der Waals surface area (Å²) >= 11 is 1.59. The highest BCUT2D eigenvalue weighted by Gasteiger charge is 2.51. The molecule has 4 amide bonds. The molecule has 8 nitrogen and oxygen atoms in total. The van der Waals surface area contributed by atoms with Gasteiger partial charge in [0.15, 0.2) is 0 Å². The van der Waals surface area contributed by atoms with Crippen LogP contribution in [0.4, 0.5) is 9.18 Å². The van der Waals surface area contributed by atoms with Gasteiger partial charge in [0.2, 0.25) is 11.8 Å².